The molecule has 178 valence electrons. The maximum absolute atomic E-state index is 10.9. The largest absolute Gasteiger partial charge is 1.00 e. The van der Waals surface area contributed by atoms with E-state index in [1.54, 1.807) is 18.9 Å². The van der Waals surface area contributed by atoms with Gasteiger partial charge in [0, 0.05) is 10.6 Å². The molecule has 0 amide bonds. The zero-order valence-corrected chi connectivity index (χ0v) is 23.5. The Labute approximate surface area is 234 Å². The van der Waals surface area contributed by atoms with Crippen molar-refractivity contribution in [2.24, 2.45) is 0 Å². The van der Waals surface area contributed by atoms with Crippen LogP contribution in [0.3, 0.4) is 0 Å². The maximum Gasteiger partial charge on any atom is 1.00 e. The summed E-state index contributed by atoms with van der Waals surface area (Å²) in [6.45, 7) is 2.67. The summed E-state index contributed by atoms with van der Waals surface area (Å²) >= 11 is 1.72. The average Bonchev–Trinajstić information content (AvgIpc) is 2.87. The number of carboxylic acids is 1. The van der Waals surface area contributed by atoms with Crippen molar-refractivity contribution in [3.05, 3.63) is 89.3 Å². The molecular formula is C28H30NNaO4S. The Kier molecular flexibility index (Phi) is 13.0. The van der Waals surface area contributed by atoms with Crippen LogP contribution in [0.4, 0.5) is 0 Å². The predicted octanol–water partition coefficient (Wildman–Crippen LogP) is 2.11. The van der Waals surface area contributed by atoms with Crippen molar-refractivity contribution < 1.29 is 48.9 Å². The van der Waals surface area contributed by atoms with Gasteiger partial charge in [-0.05, 0) is 79.3 Å². The van der Waals surface area contributed by atoms with E-state index < -0.39 is 5.97 Å². The smallest absolute Gasteiger partial charge is 0.545 e. The summed E-state index contributed by atoms with van der Waals surface area (Å²) in [7, 11) is 1.66. The normalized spacial score (nSPS) is 10.7. The fraction of sp³-hybridized carbons (Fsp3) is 0.286. The third-order valence-electron chi connectivity index (χ3n) is 5.33. The van der Waals surface area contributed by atoms with Gasteiger partial charge < -0.3 is 19.4 Å². The number of aliphatic carboxylic acids is 1. The van der Waals surface area contributed by atoms with Gasteiger partial charge in [-0.2, -0.15) is 0 Å². The van der Waals surface area contributed by atoms with Gasteiger partial charge in [0.05, 0.1) is 25.4 Å². The molecule has 0 saturated carbocycles. The molecule has 0 bridgehead atoms. The fourth-order valence-electron chi connectivity index (χ4n) is 3.47. The number of rotatable bonds is 13. The van der Waals surface area contributed by atoms with Crippen molar-refractivity contribution in [2.45, 2.75) is 43.3 Å². The van der Waals surface area contributed by atoms with Crippen LogP contribution in [0.25, 0.3) is 6.08 Å². The van der Waals surface area contributed by atoms with Crippen LogP contribution in [0.5, 0.6) is 11.5 Å². The summed E-state index contributed by atoms with van der Waals surface area (Å²) in [5.74, 6) is 0.854. The molecule has 3 rings (SSSR count). The minimum Gasteiger partial charge on any atom is -0.545 e. The Hall–Kier alpha value is -2.25. The summed E-state index contributed by atoms with van der Waals surface area (Å²) in [6.07, 6.45) is 6.22. The van der Waals surface area contributed by atoms with E-state index in [2.05, 4.69) is 36.2 Å². The van der Waals surface area contributed by atoms with Gasteiger partial charge in [-0.25, -0.2) is 4.98 Å². The standard InChI is InChI=1S/C28H31NO4S.Na/c1-3-22-9-4-5-10-27(22)34-20-23-13-17-26(25(29-23)16-18-28(30)31)33-19-7-6-8-21-11-14-24(32-2)15-12-21;/h4-5,9-18H,3,6-8,19-20H2,1-2H3,(H,30,31);/q;+1/p-1/b18-16+;. The summed E-state index contributed by atoms with van der Waals surface area (Å²) < 4.78 is 11.1. The zero-order valence-electron chi connectivity index (χ0n) is 20.7. The average molecular weight is 500 g/mol. The van der Waals surface area contributed by atoms with E-state index in [4.69, 9.17) is 9.47 Å². The van der Waals surface area contributed by atoms with Crippen molar-refractivity contribution in [3.63, 3.8) is 0 Å². The molecule has 1 heterocycles. The van der Waals surface area contributed by atoms with E-state index in [-0.39, 0.29) is 29.6 Å². The van der Waals surface area contributed by atoms with Crippen molar-refractivity contribution >= 4 is 23.8 Å². The number of hydrogen-bond acceptors (Lipinski definition) is 6. The second-order valence-corrected chi connectivity index (χ2v) is 8.76. The molecule has 0 saturated heterocycles. The summed E-state index contributed by atoms with van der Waals surface area (Å²) in [5, 5.41) is 10.9. The number of methoxy groups -OCH3 is 1. The minimum absolute atomic E-state index is 0. The number of nitrogens with zero attached hydrogens (tertiary/aromatic N) is 1. The second-order valence-electron chi connectivity index (χ2n) is 7.74. The molecule has 0 N–H and O–H groups in total. The van der Waals surface area contributed by atoms with Crippen LogP contribution in [-0.4, -0.2) is 24.7 Å². The van der Waals surface area contributed by atoms with E-state index >= 15 is 0 Å². The summed E-state index contributed by atoms with van der Waals surface area (Å²) in [4.78, 5) is 16.8. The van der Waals surface area contributed by atoms with Crippen molar-refractivity contribution in [1.82, 2.24) is 4.98 Å². The molecule has 0 fully saturated rings. The summed E-state index contributed by atoms with van der Waals surface area (Å²) in [6, 6.07) is 20.2. The van der Waals surface area contributed by atoms with E-state index in [1.807, 2.05) is 36.4 Å². The molecule has 0 unspecified atom stereocenters. The monoisotopic (exact) mass is 499 g/mol. The molecule has 0 radical (unpaired) electrons. The number of carboxylic acid groups (broad SMARTS) is 1. The number of unbranched alkanes of at least 4 members (excludes halogenated alkanes) is 1. The van der Waals surface area contributed by atoms with Gasteiger partial charge in [0.15, 0.2) is 0 Å². The summed E-state index contributed by atoms with van der Waals surface area (Å²) in [5.41, 5.74) is 3.92. The van der Waals surface area contributed by atoms with E-state index in [1.165, 1.54) is 22.1 Å². The molecule has 1 aromatic heterocycles. The Morgan fingerprint density at radius 2 is 1.83 bits per heavy atom. The molecule has 35 heavy (non-hydrogen) atoms. The van der Waals surface area contributed by atoms with Gasteiger partial charge in [-0.3, -0.25) is 0 Å². The molecule has 0 aliphatic heterocycles. The number of aryl methyl sites for hydroxylation is 2. The molecule has 0 spiro atoms. The van der Waals surface area contributed by atoms with Gasteiger partial charge in [-0.15, -0.1) is 11.8 Å². The number of hydrogen-bond donors (Lipinski definition) is 0. The number of benzene rings is 2. The van der Waals surface area contributed by atoms with Crippen LogP contribution in [0.1, 0.15) is 42.3 Å². The first-order chi connectivity index (χ1) is 16.6. The SMILES string of the molecule is CCc1ccccc1SCc1ccc(OCCCCc2ccc(OC)cc2)c(/C=C/C(=O)[O-])n1.[Na+]. The first kappa shape index (κ1) is 29.0. The molecule has 2 aromatic carbocycles. The van der Waals surface area contributed by atoms with Gasteiger partial charge in [0.1, 0.15) is 17.2 Å². The molecule has 0 aliphatic rings. The first-order valence-electron chi connectivity index (χ1n) is 11.4. The number of aromatic nitrogens is 1. The van der Waals surface area contributed by atoms with Gasteiger partial charge in [0.25, 0.3) is 0 Å². The molecule has 0 atom stereocenters. The molecule has 7 heteroatoms. The zero-order chi connectivity index (χ0) is 24.2. The van der Waals surface area contributed by atoms with E-state index in [9.17, 15) is 9.90 Å². The van der Waals surface area contributed by atoms with Crippen LogP contribution in [0.15, 0.2) is 71.6 Å². The Balaban J connectivity index is 0.00000432. The number of ether oxygens (including phenoxy) is 2. The third kappa shape index (κ3) is 9.73. The van der Waals surface area contributed by atoms with Crippen LogP contribution in [0, 0.1) is 0 Å². The third-order valence-corrected chi connectivity index (χ3v) is 6.48. The second kappa shape index (κ2) is 15.7. The fourth-order valence-corrected chi connectivity index (χ4v) is 4.50. The molecular weight excluding hydrogens is 469 g/mol. The number of carbonyl (C=O) groups is 1. The quantitative estimate of drug-likeness (QED) is 0.155. The topological polar surface area (TPSA) is 71.5 Å². The van der Waals surface area contributed by atoms with E-state index in [0.29, 0.717) is 23.8 Å². The Morgan fingerprint density at radius 3 is 2.54 bits per heavy atom. The number of carbonyl (C=O) groups excluding carboxylic acids is 1. The van der Waals surface area contributed by atoms with Crippen molar-refractivity contribution in [1.29, 1.82) is 0 Å². The van der Waals surface area contributed by atoms with Crippen LogP contribution in [-0.2, 0) is 23.4 Å². The molecule has 3 aromatic rings. The van der Waals surface area contributed by atoms with Gasteiger partial charge >= 0.3 is 29.6 Å². The van der Waals surface area contributed by atoms with Crippen LogP contribution >= 0.6 is 11.8 Å². The predicted molar refractivity (Wildman–Crippen MR) is 135 cm³/mol. The molecule has 5 nitrogen and oxygen atoms in total. The maximum atomic E-state index is 10.9. The van der Waals surface area contributed by atoms with Gasteiger partial charge in [0.2, 0.25) is 0 Å². The number of thioether (sulfide) groups is 1. The van der Waals surface area contributed by atoms with Crippen molar-refractivity contribution in [2.75, 3.05) is 13.7 Å². The minimum atomic E-state index is -1.26. The molecule has 0 aliphatic carbocycles. The Morgan fingerprint density at radius 1 is 1.06 bits per heavy atom. The first-order valence-corrected chi connectivity index (χ1v) is 12.4. The van der Waals surface area contributed by atoms with Crippen LogP contribution < -0.4 is 44.1 Å². The van der Waals surface area contributed by atoms with E-state index in [0.717, 1.165) is 43.2 Å². The van der Waals surface area contributed by atoms with Crippen molar-refractivity contribution in [3.8, 4) is 11.5 Å². The van der Waals surface area contributed by atoms with Crippen LogP contribution in [0.2, 0.25) is 0 Å². The number of pyridine rings is 1. The Bertz CT molecular complexity index is 1100. The van der Waals surface area contributed by atoms with Gasteiger partial charge in [-0.1, -0.05) is 37.3 Å².